The van der Waals surface area contributed by atoms with Gasteiger partial charge in [0.2, 0.25) is 0 Å². The van der Waals surface area contributed by atoms with Crippen molar-refractivity contribution in [1.82, 2.24) is 29.7 Å². The van der Waals surface area contributed by atoms with Gasteiger partial charge in [0.05, 0.1) is 72.9 Å². The van der Waals surface area contributed by atoms with Crippen LogP contribution in [0.2, 0.25) is 0 Å². The molecule has 125 heavy (non-hydrogen) atoms. The van der Waals surface area contributed by atoms with Gasteiger partial charge in [0.25, 0.3) is 52.5 Å². The number of ether oxygens (including phenoxy) is 3. The molecule has 1 saturated heterocycles. The van der Waals surface area contributed by atoms with Crippen molar-refractivity contribution in [3.8, 4) is 52.8 Å². The van der Waals surface area contributed by atoms with Gasteiger partial charge >= 0.3 is 18.5 Å². The van der Waals surface area contributed by atoms with Crippen LogP contribution in [0.1, 0.15) is 90.5 Å². The van der Waals surface area contributed by atoms with Crippen LogP contribution < -0.4 is 52.2 Å². The number of hydrogen-bond donors (Lipinski definition) is 1. The van der Waals surface area contributed by atoms with E-state index in [1.165, 1.54) is 39.5 Å². The normalized spacial score (nSPS) is 15.6. The van der Waals surface area contributed by atoms with Crippen LogP contribution in [0.5, 0.6) is 17.2 Å². The van der Waals surface area contributed by atoms with E-state index >= 15 is 13.7 Å². The highest BCUT2D eigenvalue weighted by Gasteiger charge is 2.39. The molecule has 2 N–H and O–H groups in total. The number of unbranched alkanes of at least 4 members (excludes halogenated alkanes) is 1. The first-order valence-corrected chi connectivity index (χ1v) is 47.7. The number of benzene rings is 6. The van der Waals surface area contributed by atoms with Crippen molar-refractivity contribution in [2.75, 3.05) is 100 Å². The van der Waals surface area contributed by atoms with Crippen molar-refractivity contribution in [3.63, 3.8) is 0 Å². The summed E-state index contributed by atoms with van der Waals surface area (Å²) in [5.74, 6) is 20.5. The van der Waals surface area contributed by atoms with Gasteiger partial charge in [-0.2, -0.15) is 64.8 Å². The first-order valence-electron chi connectivity index (χ1n) is 38.6. The Morgan fingerprint density at radius 1 is 0.392 bits per heavy atom. The number of nitrogens with zero attached hydrogens (tertiary/aromatic N) is 6. The van der Waals surface area contributed by atoms with Crippen LogP contribution in [-0.4, -0.2) is 180 Å². The van der Waals surface area contributed by atoms with Crippen molar-refractivity contribution in [2.45, 2.75) is 98.9 Å². The molecule has 4 heterocycles. The van der Waals surface area contributed by atoms with E-state index in [1.54, 1.807) is 112 Å². The summed E-state index contributed by atoms with van der Waals surface area (Å²) in [7, 11) is -23.9. The highest BCUT2D eigenvalue weighted by Crippen LogP contribution is 2.47. The van der Waals surface area contributed by atoms with Gasteiger partial charge in [-0.05, 0) is 222 Å². The van der Waals surface area contributed by atoms with E-state index in [4.69, 9.17) is 48.5 Å². The summed E-state index contributed by atoms with van der Waals surface area (Å²) in [5, 5.41) is -0.331. The Hall–Kier alpha value is -9.64. The third-order valence-electron chi connectivity index (χ3n) is 18.8. The van der Waals surface area contributed by atoms with Crippen LogP contribution in [0.15, 0.2) is 197 Å². The molecule has 1 aliphatic heterocycles. The fraction of sp³-hybridized carbons (Fsp3) is 0.329. The molecule has 1 fully saturated rings. The smallest absolute Gasteiger partial charge is 0.413 e. The van der Waals surface area contributed by atoms with Crippen molar-refractivity contribution >= 4 is 84.7 Å². The molecular weight excluding hydrogens is 1770 g/mol. The fourth-order valence-corrected chi connectivity index (χ4v) is 21.6. The van der Waals surface area contributed by atoms with Gasteiger partial charge in [-0.3, -0.25) is 40.9 Å². The van der Waals surface area contributed by atoms with Crippen molar-refractivity contribution in [2.24, 2.45) is 5.73 Å². The molecule has 0 spiro atoms. The minimum Gasteiger partial charge on any atom is -0.497 e. The molecule has 0 saturated carbocycles. The Bertz CT molecular complexity index is 5960. The number of halogens is 9. The van der Waals surface area contributed by atoms with Crippen LogP contribution in [0.25, 0.3) is 0 Å². The molecule has 6 aromatic carbocycles. The van der Waals surface area contributed by atoms with Gasteiger partial charge in [-0.15, -0.1) is 0 Å². The van der Waals surface area contributed by atoms with Crippen LogP contribution in [-0.2, 0) is 89.8 Å². The maximum absolute atomic E-state index is 16.0. The van der Waals surface area contributed by atoms with Crippen LogP contribution in [0, 0.1) is 35.5 Å². The van der Waals surface area contributed by atoms with Gasteiger partial charge in [0, 0.05) is 108 Å². The van der Waals surface area contributed by atoms with Crippen LogP contribution in [0.4, 0.5) is 39.5 Å². The lowest BCUT2D eigenvalue weighted by molar-refractivity contribution is -0.153. The Balaban J connectivity index is 1.15. The molecule has 1 aliphatic rings. The highest BCUT2D eigenvalue weighted by atomic mass is 32.2. The van der Waals surface area contributed by atoms with Gasteiger partial charge in [0.1, 0.15) is 33.6 Å². The molecule has 0 bridgehead atoms. The zero-order valence-corrected chi connectivity index (χ0v) is 73.3. The summed E-state index contributed by atoms with van der Waals surface area (Å²) in [4.78, 5) is 19.4. The van der Waals surface area contributed by atoms with E-state index in [2.05, 4.69) is 57.9 Å². The van der Waals surface area contributed by atoms with E-state index < -0.39 is 112 Å². The predicted molar refractivity (Wildman–Crippen MR) is 450 cm³/mol. The molecule has 10 rings (SSSR count). The maximum atomic E-state index is 16.0. The number of methoxy groups -OCH3 is 3. The number of aromatic nitrogens is 3. The summed E-state index contributed by atoms with van der Waals surface area (Å²) in [6.45, 7) is -1.27. The second-order valence-electron chi connectivity index (χ2n) is 27.9. The van der Waals surface area contributed by atoms with Gasteiger partial charge in [0.15, 0.2) is 19.8 Å². The standard InChI is InChI=1S/C85H87F9N7O18P3S3/c1-7-114-120(102,74-31-37-77(38-32-74)123(105,106)117-58-83(86,87)88)80-51-64(16-13-61-19-25-71(111-4)26-20-61)48-67(96-80)54-99-44-45-100(55-68-49-65(17-14-62-21-27-72(112-5)28-22-62)52-81(97-68)121(103,115-8-2)75-33-39-78(40-34-75)124(107,108)118-59-84(89,90)91)57-70(12-10-11-43-95)101(47-46-99)56-69-50-66(18-15-63-23-29-73(113-6)30-24-63)53-82(98-69)122(104,116-9-3)76-35-41-79(42-36-76)125(109,110)119-60-85(92,93)94/h19-42,48-53,70H,7-12,43-47,54-60,95H2,1-6H3. The number of nitrogens with two attached hydrogens (primary N) is 1. The fourth-order valence-electron chi connectivity index (χ4n) is 12.8. The summed E-state index contributed by atoms with van der Waals surface area (Å²) < 4.78 is 293. The molecule has 0 radical (unpaired) electrons. The van der Waals surface area contributed by atoms with E-state index in [0.29, 0.717) is 53.2 Å². The summed E-state index contributed by atoms with van der Waals surface area (Å²) in [6.07, 6.45) is -13.5. The number of rotatable bonds is 34. The molecule has 25 nitrogen and oxygen atoms in total. The van der Waals surface area contributed by atoms with Crippen molar-refractivity contribution < 1.29 is 119 Å². The van der Waals surface area contributed by atoms with Crippen LogP contribution in [0.3, 0.4) is 0 Å². The second-order valence-corrected chi connectivity index (χ2v) is 39.7. The van der Waals surface area contributed by atoms with E-state index in [0.717, 1.165) is 72.8 Å². The number of hydrogen-bond acceptors (Lipinski definition) is 25. The zero-order valence-electron chi connectivity index (χ0n) is 68.2. The lowest BCUT2D eigenvalue weighted by Gasteiger charge is -2.35. The predicted octanol–water partition coefficient (Wildman–Crippen LogP) is 12.0. The molecule has 4 unspecified atom stereocenters. The largest absolute Gasteiger partial charge is 0.497 e. The topological polar surface area (TPSA) is 311 Å². The van der Waals surface area contributed by atoms with Crippen LogP contribution >= 0.6 is 22.1 Å². The third kappa shape index (κ3) is 27.4. The third-order valence-corrected chi connectivity index (χ3v) is 30.0. The van der Waals surface area contributed by atoms with Gasteiger partial charge in [-0.1, -0.05) is 41.9 Å². The summed E-state index contributed by atoms with van der Waals surface area (Å²) in [6, 6.07) is 41.6. The Kier molecular flexibility index (Phi) is 33.4. The minimum atomic E-state index is -5.01. The lowest BCUT2D eigenvalue weighted by atomic mass is 10.1. The Labute approximate surface area is 719 Å². The molecule has 666 valence electrons. The average molecular weight is 1850 g/mol. The molecule has 40 heteroatoms. The van der Waals surface area contributed by atoms with Gasteiger partial charge in [-0.25, -0.2) is 15.0 Å². The molecule has 0 aliphatic carbocycles. The van der Waals surface area contributed by atoms with E-state index in [-0.39, 0.29) is 145 Å². The second kappa shape index (κ2) is 42.8. The van der Waals surface area contributed by atoms with E-state index in [1.807, 2.05) is 4.90 Å². The zero-order chi connectivity index (χ0) is 90.6. The number of alkyl halides is 9. The maximum Gasteiger partial charge on any atom is 0.413 e. The molecule has 4 atom stereocenters. The van der Waals surface area contributed by atoms with Crippen molar-refractivity contribution in [1.29, 1.82) is 0 Å². The van der Waals surface area contributed by atoms with E-state index in [9.17, 15) is 64.8 Å². The minimum absolute atomic E-state index is 0.0553. The summed E-state index contributed by atoms with van der Waals surface area (Å²) >= 11 is 0. The molecule has 0 amide bonds. The first kappa shape index (κ1) is 97.6. The quantitative estimate of drug-likeness (QED) is 0.0129. The monoisotopic (exact) mass is 1850 g/mol. The Morgan fingerprint density at radius 2 is 0.680 bits per heavy atom. The molecule has 9 aromatic rings. The van der Waals surface area contributed by atoms with Gasteiger partial charge < -0.3 is 33.5 Å². The van der Waals surface area contributed by atoms with Crippen molar-refractivity contribution in [3.05, 3.63) is 232 Å². The lowest BCUT2D eigenvalue weighted by Crippen LogP contribution is -2.45. The average Bonchev–Trinajstić information content (AvgIpc) is 0.905. The number of pyridine rings is 3. The molecule has 3 aromatic heterocycles. The highest BCUT2D eigenvalue weighted by molar-refractivity contribution is 7.87. The Morgan fingerprint density at radius 3 is 0.976 bits per heavy atom. The first-order chi connectivity index (χ1) is 59.2. The SMILES string of the molecule is CCOP(=O)(c1ccc(S(=O)(=O)OCC(F)(F)F)cc1)c1cc(C#Cc2ccc(OC)cc2)cc(CN2CCN(Cc3cc(C#Cc4ccc(OC)cc4)cc(P(=O)(OCC)c4ccc(S(=O)(=O)OCC(F)(F)F)cc4)n3)CC(CCCCN)N(Cc3cc(C#Cc4ccc(OC)cc4)cc(P(=O)(OCC)c4ccc(S(=O)(=O)OCC(F)(F)F)cc4)n3)CC2)n1. The summed E-state index contributed by atoms with van der Waals surface area (Å²) in [5.41, 5.74) is 8.94. The molecular formula is C85H87F9N7O18P3S3.